The third-order valence-electron chi connectivity index (χ3n) is 6.79. The molecule has 2 heterocycles. The van der Waals surface area contributed by atoms with Gasteiger partial charge in [0.2, 0.25) is 9.84 Å². The third kappa shape index (κ3) is 4.41. The highest BCUT2D eigenvalue weighted by Crippen LogP contribution is 2.40. The number of benzene rings is 4. The molecule has 9 heteroatoms. The van der Waals surface area contributed by atoms with Crippen LogP contribution < -0.4 is 5.32 Å². The van der Waals surface area contributed by atoms with Crippen LogP contribution in [-0.2, 0) is 9.84 Å². The normalized spacial score (nSPS) is 12.4. The predicted molar refractivity (Wildman–Crippen MR) is 157 cm³/mol. The number of hydrogen-bond acceptors (Lipinski definition) is 5. The summed E-state index contributed by atoms with van der Waals surface area (Å²) in [6.07, 6.45) is 0. The van der Waals surface area contributed by atoms with Crippen molar-refractivity contribution in [3.05, 3.63) is 125 Å². The molecule has 0 aliphatic rings. The van der Waals surface area contributed by atoms with Crippen LogP contribution in [0.4, 0.5) is 5.82 Å². The molecule has 0 aliphatic heterocycles. The van der Waals surface area contributed by atoms with Gasteiger partial charge in [0.25, 0.3) is 5.91 Å². The number of anilines is 1. The molecule has 4 aromatic carbocycles. The minimum atomic E-state index is -4.17. The maximum absolute atomic E-state index is 14.3. The molecule has 0 bridgehead atoms. The Morgan fingerprint density at radius 3 is 2.05 bits per heavy atom. The first-order valence-corrected chi connectivity index (χ1v) is 14.4. The van der Waals surface area contributed by atoms with Gasteiger partial charge in [-0.2, -0.15) is 0 Å². The van der Waals surface area contributed by atoms with Gasteiger partial charge < -0.3 is 9.88 Å². The van der Waals surface area contributed by atoms with Crippen LogP contribution in [0.15, 0.2) is 119 Å². The van der Waals surface area contributed by atoms with Crippen LogP contribution in [0, 0.1) is 0 Å². The van der Waals surface area contributed by atoms with Crippen molar-refractivity contribution in [2.75, 3.05) is 5.32 Å². The zero-order valence-electron chi connectivity index (χ0n) is 21.3. The zero-order chi connectivity index (χ0) is 27.9. The maximum Gasteiger partial charge on any atom is 0.258 e. The van der Waals surface area contributed by atoms with Crippen molar-refractivity contribution in [3.63, 3.8) is 0 Å². The van der Waals surface area contributed by atoms with Crippen LogP contribution in [0.3, 0.4) is 0 Å². The van der Waals surface area contributed by atoms with Crippen LogP contribution in [0.1, 0.15) is 28.9 Å². The number of para-hydroxylation sites is 2. The van der Waals surface area contributed by atoms with Crippen molar-refractivity contribution >= 4 is 55.4 Å². The van der Waals surface area contributed by atoms with E-state index in [-0.39, 0.29) is 31.7 Å². The largest absolute Gasteiger partial charge is 0.307 e. The molecule has 0 aliphatic carbocycles. The number of amides is 1. The van der Waals surface area contributed by atoms with Crippen LogP contribution in [0.2, 0.25) is 5.02 Å². The monoisotopic (exact) mass is 566 g/mol. The quantitative estimate of drug-likeness (QED) is 0.236. The molecule has 0 fully saturated rings. The second-order valence-corrected chi connectivity index (χ2v) is 11.6. The number of carbonyl (C=O) groups excluding carboxylic acids is 1. The van der Waals surface area contributed by atoms with Crippen LogP contribution in [-0.4, -0.2) is 28.9 Å². The first-order chi connectivity index (χ1) is 19.4. The number of halogens is 1. The van der Waals surface area contributed by atoms with Gasteiger partial charge in [0, 0.05) is 0 Å². The van der Waals surface area contributed by atoms with Gasteiger partial charge in [-0.3, -0.25) is 4.79 Å². The molecule has 1 atom stereocenters. The van der Waals surface area contributed by atoms with Gasteiger partial charge in [0.05, 0.1) is 32.6 Å². The van der Waals surface area contributed by atoms with Gasteiger partial charge in [0.1, 0.15) is 16.2 Å². The number of carbonyl (C=O) groups is 1. The lowest BCUT2D eigenvalue weighted by Gasteiger charge is -2.20. The fraction of sp³-hybridized carbons (Fsp3) is 0.0645. The molecule has 1 amide bonds. The molecule has 40 heavy (non-hydrogen) atoms. The van der Waals surface area contributed by atoms with Gasteiger partial charge in [-0.25, -0.2) is 18.4 Å². The number of hydrogen-bond donors (Lipinski definition) is 1. The van der Waals surface area contributed by atoms with Crippen LogP contribution in [0.25, 0.3) is 22.2 Å². The summed E-state index contributed by atoms with van der Waals surface area (Å²) in [7, 11) is -4.17. The highest BCUT2D eigenvalue weighted by atomic mass is 35.5. The second-order valence-electron chi connectivity index (χ2n) is 9.27. The minimum absolute atomic E-state index is 0.0652. The first kappa shape index (κ1) is 25.7. The second kappa shape index (κ2) is 10.2. The molecule has 1 N–H and O–H groups in total. The Morgan fingerprint density at radius 1 is 0.800 bits per heavy atom. The van der Waals surface area contributed by atoms with E-state index in [9.17, 15) is 13.2 Å². The SMILES string of the molecule is C[C@@H](c1ccccc1)n1c(NC(=O)c2ccccc2Cl)c(S(=O)(=O)c2ccccc2)c2nc3ccccc3nc21. The summed E-state index contributed by atoms with van der Waals surface area (Å²) in [5.74, 6) is -0.487. The number of fused-ring (bicyclic) bond motifs is 2. The Kier molecular flexibility index (Phi) is 6.57. The highest BCUT2D eigenvalue weighted by Gasteiger charge is 2.34. The smallest absolute Gasteiger partial charge is 0.258 e. The Labute approximate surface area is 236 Å². The molecule has 0 unspecified atom stereocenters. The number of nitrogens with zero attached hydrogens (tertiary/aromatic N) is 3. The van der Waals surface area contributed by atoms with Crippen molar-refractivity contribution in [2.45, 2.75) is 22.8 Å². The summed E-state index contributed by atoms with van der Waals surface area (Å²) in [6, 6.07) is 31.1. The number of rotatable bonds is 6. The average molecular weight is 567 g/mol. The van der Waals surface area contributed by atoms with E-state index in [0.717, 1.165) is 5.56 Å². The molecular formula is C31H23ClN4O3S. The average Bonchev–Trinajstić information content (AvgIpc) is 3.29. The Hall–Kier alpha value is -4.53. The molecule has 0 radical (unpaired) electrons. The Balaban J connectivity index is 1.71. The van der Waals surface area contributed by atoms with Crippen molar-refractivity contribution in [3.8, 4) is 0 Å². The first-order valence-electron chi connectivity index (χ1n) is 12.6. The molecular weight excluding hydrogens is 544 g/mol. The maximum atomic E-state index is 14.3. The molecule has 0 spiro atoms. The lowest BCUT2D eigenvalue weighted by molar-refractivity contribution is 0.102. The molecule has 7 nitrogen and oxygen atoms in total. The molecule has 2 aromatic heterocycles. The molecule has 6 rings (SSSR count). The summed E-state index contributed by atoms with van der Waals surface area (Å²) in [6.45, 7) is 1.93. The van der Waals surface area contributed by atoms with Crippen molar-refractivity contribution in [1.82, 2.24) is 14.5 Å². The predicted octanol–water partition coefficient (Wildman–Crippen LogP) is 6.93. The number of nitrogens with one attached hydrogen (secondary N) is 1. The van der Waals surface area contributed by atoms with E-state index in [4.69, 9.17) is 21.6 Å². The molecule has 198 valence electrons. The summed E-state index contributed by atoms with van der Waals surface area (Å²) >= 11 is 6.35. The molecule has 0 saturated carbocycles. The van der Waals surface area contributed by atoms with E-state index in [1.807, 2.05) is 55.5 Å². The summed E-state index contributed by atoms with van der Waals surface area (Å²) in [5.41, 5.74) is 2.74. The van der Waals surface area contributed by atoms with Crippen LogP contribution >= 0.6 is 11.6 Å². The van der Waals surface area contributed by atoms with E-state index in [1.54, 1.807) is 53.1 Å². The topological polar surface area (TPSA) is 94.0 Å². The van der Waals surface area contributed by atoms with Gasteiger partial charge in [-0.1, -0.05) is 84.4 Å². The Bertz CT molecular complexity index is 1990. The standard InChI is InChI=1S/C31H23ClN4O3S/c1-20(21-12-4-2-5-13-21)36-29-27(33-25-18-10-11-19-26(25)34-29)28(40(38,39)22-14-6-3-7-15-22)30(36)35-31(37)23-16-8-9-17-24(23)32/h2-20H,1H3,(H,35,37)/t20-/m0/s1. The summed E-state index contributed by atoms with van der Waals surface area (Å²) in [4.78, 5) is 23.2. The fourth-order valence-electron chi connectivity index (χ4n) is 4.81. The van der Waals surface area contributed by atoms with E-state index in [1.165, 1.54) is 12.1 Å². The number of sulfone groups is 1. The molecule has 6 aromatic rings. The van der Waals surface area contributed by atoms with E-state index in [2.05, 4.69) is 5.32 Å². The van der Waals surface area contributed by atoms with E-state index in [0.29, 0.717) is 16.7 Å². The van der Waals surface area contributed by atoms with Crippen molar-refractivity contribution in [1.29, 1.82) is 0 Å². The third-order valence-corrected chi connectivity index (χ3v) is 8.94. The van der Waals surface area contributed by atoms with E-state index < -0.39 is 21.8 Å². The van der Waals surface area contributed by atoms with Gasteiger partial charge in [0.15, 0.2) is 5.65 Å². The highest BCUT2D eigenvalue weighted by molar-refractivity contribution is 7.92. The lowest BCUT2D eigenvalue weighted by atomic mass is 10.1. The van der Waals surface area contributed by atoms with Crippen LogP contribution in [0.5, 0.6) is 0 Å². The summed E-state index contributed by atoms with van der Waals surface area (Å²) in [5, 5.41) is 3.13. The zero-order valence-corrected chi connectivity index (χ0v) is 22.9. The van der Waals surface area contributed by atoms with Gasteiger partial charge >= 0.3 is 0 Å². The van der Waals surface area contributed by atoms with Gasteiger partial charge in [-0.05, 0) is 48.9 Å². The van der Waals surface area contributed by atoms with Crippen molar-refractivity contribution in [2.24, 2.45) is 0 Å². The van der Waals surface area contributed by atoms with Crippen molar-refractivity contribution < 1.29 is 13.2 Å². The Morgan fingerprint density at radius 2 is 1.38 bits per heavy atom. The lowest BCUT2D eigenvalue weighted by Crippen LogP contribution is -2.20. The fourth-order valence-corrected chi connectivity index (χ4v) is 6.57. The van der Waals surface area contributed by atoms with Gasteiger partial charge in [-0.15, -0.1) is 0 Å². The van der Waals surface area contributed by atoms with E-state index >= 15 is 0 Å². The molecule has 0 saturated heterocycles. The minimum Gasteiger partial charge on any atom is -0.307 e. The number of aromatic nitrogens is 3. The summed E-state index contributed by atoms with van der Waals surface area (Å²) < 4.78 is 30.3.